The summed E-state index contributed by atoms with van der Waals surface area (Å²) in [5.41, 5.74) is 7.26. The summed E-state index contributed by atoms with van der Waals surface area (Å²) < 4.78 is 1.84. The SMILES string of the molecule is Cc1cnn(CCC(=O)NC2C3CCCC2CC(N)C3)c1. The number of nitrogens with zero attached hydrogens (tertiary/aromatic N) is 2. The van der Waals surface area contributed by atoms with Crippen molar-refractivity contribution in [2.24, 2.45) is 17.6 Å². The Labute approximate surface area is 126 Å². The number of nitrogens with one attached hydrogen (secondary N) is 1. The maximum absolute atomic E-state index is 12.2. The van der Waals surface area contributed by atoms with E-state index in [1.165, 1.54) is 19.3 Å². The van der Waals surface area contributed by atoms with Gasteiger partial charge >= 0.3 is 0 Å². The minimum atomic E-state index is 0.153. The van der Waals surface area contributed by atoms with Crippen molar-refractivity contribution < 1.29 is 4.79 Å². The molecule has 0 spiro atoms. The first-order valence-electron chi connectivity index (χ1n) is 8.16. The average molecular weight is 290 g/mol. The predicted octanol–water partition coefficient (Wildman–Crippen LogP) is 1.60. The summed E-state index contributed by atoms with van der Waals surface area (Å²) in [6.07, 6.45) is 10.2. The number of aryl methyl sites for hydroxylation is 2. The number of fused-ring (bicyclic) bond motifs is 2. The van der Waals surface area contributed by atoms with Crippen LogP contribution in [0, 0.1) is 18.8 Å². The minimum Gasteiger partial charge on any atom is -0.353 e. The van der Waals surface area contributed by atoms with Gasteiger partial charge in [-0.1, -0.05) is 6.42 Å². The highest BCUT2D eigenvalue weighted by molar-refractivity contribution is 5.76. The molecule has 2 aliphatic rings. The van der Waals surface area contributed by atoms with E-state index in [9.17, 15) is 4.79 Å². The molecule has 2 fully saturated rings. The number of nitrogens with two attached hydrogens (primary N) is 1. The zero-order valence-corrected chi connectivity index (χ0v) is 12.8. The van der Waals surface area contributed by atoms with Gasteiger partial charge in [-0.3, -0.25) is 9.48 Å². The summed E-state index contributed by atoms with van der Waals surface area (Å²) in [7, 11) is 0. The second-order valence-electron chi connectivity index (χ2n) is 6.81. The summed E-state index contributed by atoms with van der Waals surface area (Å²) >= 11 is 0. The van der Waals surface area contributed by atoms with Crippen LogP contribution in [-0.2, 0) is 11.3 Å². The monoisotopic (exact) mass is 290 g/mol. The summed E-state index contributed by atoms with van der Waals surface area (Å²) in [6.45, 7) is 2.66. The number of amides is 1. The molecule has 1 heterocycles. The summed E-state index contributed by atoms with van der Waals surface area (Å²) in [6, 6.07) is 0.686. The molecule has 3 N–H and O–H groups in total. The lowest BCUT2D eigenvalue weighted by Crippen LogP contribution is -2.53. The molecule has 2 saturated carbocycles. The highest BCUT2D eigenvalue weighted by atomic mass is 16.1. The summed E-state index contributed by atoms with van der Waals surface area (Å²) in [4.78, 5) is 12.2. The molecule has 0 saturated heterocycles. The normalized spacial score (nSPS) is 31.9. The predicted molar refractivity (Wildman–Crippen MR) is 81.6 cm³/mol. The molecule has 0 aliphatic heterocycles. The largest absolute Gasteiger partial charge is 0.353 e. The van der Waals surface area contributed by atoms with Gasteiger partial charge in [0.1, 0.15) is 0 Å². The van der Waals surface area contributed by atoms with Crippen LogP contribution < -0.4 is 11.1 Å². The Kier molecular flexibility index (Phi) is 4.29. The van der Waals surface area contributed by atoms with E-state index in [0.717, 1.165) is 18.4 Å². The molecule has 116 valence electrons. The van der Waals surface area contributed by atoms with Crippen molar-refractivity contribution in [1.29, 1.82) is 0 Å². The van der Waals surface area contributed by atoms with E-state index >= 15 is 0 Å². The van der Waals surface area contributed by atoms with Gasteiger partial charge in [-0.2, -0.15) is 5.10 Å². The highest BCUT2D eigenvalue weighted by Gasteiger charge is 2.39. The first kappa shape index (κ1) is 14.6. The topological polar surface area (TPSA) is 72.9 Å². The van der Waals surface area contributed by atoms with Crippen molar-refractivity contribution in [2.45, 2.75) is 64.1 Å². The fourth-order valence-corrected chi connectivity index (χ4v) is 4.09. The zero-order chi connectivity index (χ0) is 14.8. The third-order valence-electron chi connectivity index (χ3n) is 5.03. The van der Waals surface area contributed by atoms with E-state index in [2.05, 4.69) is 10.4 Å². The Bertz CT molecular complexity index is 484. The Hall–Kier alpha value is -1.36. The van der Waals surface area contributed by atoms with E-state index in [4.69, 9.17) is 5.73 Å². The molecule has 2 atom stereocenters. The van der Waals surface area contributed by atoms with Crippen molar-refractivity contribution in [3.8, 4) is 0 Å². The molecule has 0 aromatic carbocycles. The first-order chi connectivity index (χ1) is 10.1. The number of rotatable bonds is 4. The van der Waals surface area contributed by atoms with Crippen LogP contribution >= 0.6 is 0 Å². The quantitative estimate of drug-likeness (QED) is 0.884. The molecule has 5 heteroatoms. The van der Waals surface area contributed by atoms with Crippen molar-refractivity contribution in [3.05, 3.63) is 18.0 Å². The smallest absolute Gasteiger partial charge is 0.222 e. The van der Waals surface area contributed by atoms with Crippen molar-refractivity contribution in [1.82, 2.24) is 15.1 Å². The number of carbonyl (C=O) groups excluding carboxylic acids is 1. The van der Waals surface area contributed by atoms with Crippen molar-refractivity contribution in [3.63, 3.8) is 0 Å². The fraction of sp³-hybridized carbons (Fsp3) is 0.750. The van der Waals surface area contributed by atoms with Crippen LogP contribution in [0.25, 0.3) is 0 Å². The Morgan fingerprint density at radius 2 is 2.14 bits per heavy atom. The van der Waals surface area contributed by atoms with Gasteiger partial charge in [0.25, 0.3) is 0 Å². The Morgan fingerprint density at radius 1 is 1.43 bits per heavy atom. The maximum atomic E-state index is 12.2. The molecular weight excluding hydrogens is 264 g/mol. The first-order valence-corrected chi connectivity index (χ1v) is 8.16. The van der Waals surface area contributed by atoms with Gasteiger partial charge in [-0.25, -0.2) is 0 Å². The van der Waals surface area contributed by atoms with Gasteiger partial charge in [0.05, 0.1) is 6.20 Å². The van der Waals surface area contributed by atoms with Crippen LogP contribution in [0.2, 0.25) is 0 Å². The molecule has 2 bridgehead atoms. The van der Waals surface area contributed by atoms with Crippen LogP contribution in [0.1, 0.15) is 44.1 Å². The van der Waals surface area contributed by atoms with Crippen LogP contribution in [0.5, 0.6) is 0 Å². The standard InChI is InChI=1S/C16H26N4O/c1-11-9-18-20(10-11)6-5-15(21)19-16-12-3-2-4-13(16)8-14(17)7-12/h9-10,12-14,16H,2-8,17H2,1H3,(H,19,21). The van der Waals surface area contributed by atoms with E-state index in [0.29, 0.717) is 36.9 Å². The average Bonchev–Trinajstić information content (AvgIpc) is 2.83. The number of carbonyl (C=O) groups is 1. The number of hydrogen-bond acceptors (Lipinski definition) is 3. The molecule has 1 aromatic rings. The van der Waals surface area contributed by atoms with Crippen LogP contribution in [0.3, 0.4) is 0 Å². The minimum absolute atomic E-state index is 0.153. The van der Waals surface area contributed by atoms with E-state index < -0.39 is 0 Å². The molecule has 3 rings (SSSR count). The lowest BCUT2D eigenvalue weighted by atomic mass is 9.67. The van der Waals surface area contributed by atoms with Gasteiger partial charge in [-0.15, -0.1) is 0 Å². The van der Waals surface area contributed by atoms with Gasteiger partial charge in [-0.05, 0) is 50.0 Å². The van der Waals surface area contributed by atoms with Gasteiger partial charge < -0.3 is 11.1 Å². The third-order valence-corrected chi connectivity index (χ3v) is 5.03. The molecule has 2 unspecified atom stereocenters. The molecular formula is C16H26N4O. The van der Waals surface area contributed by atoms with Gasteiger partial charge in [0.15, 0.2) is 0 Å². The second kappa shape index (κ2) is 6.18. The van der Waals surface area contributed by atoms with Crippen LogP contribution in [-0.4, -0.2) is 27.8 Å². The van der Waals surface area contributed by atoms with Crippen LogP contribution in [0.15, 0.2) is 12.4 Å². The van der Waals surface area contributed by atoms with E-state index in [1.54, 1.807) is 0 Å². The highest BCUT2D eigenvalue weighted by Crippen LogP contribution is 2.39. The third kappa shape index (κ3) is 3.46. The molecule has 0 radical (unpaired) electrons. The second-order valence-corrected chi connectivity index (χ2v) is 6.81. The lowest BCUT2D eigenvalue weighted by molar-refractivity contribution is -0.123. The molecule has 1 aromatic heterocycles. The molecule has 5 nitrogen and oxygen atoms in total. The van der Waals surface area contributed by atoms with Crippen LogP contribution in [0.4, 0.5) is 0 Å². The molecule has 1 amide bonds. The zero-order valence-electron chi connectivity index (χ0n) is 12.8. The Balaban J connectivity index is 1.52. The molecule has 21 heavy (non-hydrogen) atoms. The fourth-order valence-electron chi connectivity index (χ4n) is 4.09. The summed E-state index contributed by atoms with van der Waals surface area (Å²) in [5.74, 6) is 1.33. The Morgan fingerprint density at radius 3 is 2.76 bits per heavy atom. The maximum Gasteiger partial charge on any atom is 0.222 e. The number of hydrogen-bond donors (Lipinski definition) is 2. The van der Waals surface area contributed by atoms with E-state index in [-0.39, 0.29) is 5.91 Å². The molecule has 2 aliphatic carbocycles. The van der Waals surface area contributed by atoms with Gasteiger partial charge in [0.2, 0.25) is 5.91 Å². The van der Waals surface area contributed by atoms with Crippen molar-refractivity contribution in [2.75, 3.05) is 0 Å². The number of aromatic nitrogens is 2. The lowest BCUT2D eigenvalue weighted by Gasteiger charge is -2.45. The summed E-state index contributed by atoms with van der Waals surface area (Å²) in [5, 5.41) is 7.50. The van der Waals surface area contributed by atoms with E-state index in [1.807, 2.05) is 24.0 Å². The van der Waals surface area contributed by atoms with Crippen molar-refractivity contribution >= 4 is 5.91 Å². The van der Waals surface area contributed by atoms with Gasteiger partial charge in [0, 0.05) is 31.2 Å².